The van der Waals surface area contributed by atoms with Gasteiger partial charge in [-0.3, -0.25) is 14.3 Å². The van der Waals surface area contributed by atoms with Gasteiger partial charge >= 0.3 is 6.18 Å². The van der Waals surface area contributed by atoms with Gasteiger partial charge in [-0.25, -0.2) is 8.78 Å². The zero-order chi connectivity index (χ0) is 26.1. The Bertz CT molecular complexity index is 1080. The lowest BCUT2D eigenvalue weighted by atomic mass is 9.63. The summed E-state index contributed by atoms with van der Waals surface area (Å²) in [6.07, 6.45) is -5.71. The molecule has 1 unspecified atom stereocenters. The third-order valence-electron chi connectivity index (χ3n) is 7.41. The quantitative estimate of drug-likeness (QED) is 0.600. The lowest BCUT2D eigenvalue weighted by Gasteiger charge is -2.50. The Labute approximate surface area is 204 Å². The van der Waals surface area contributed by atoms with Gasteiger partial charge in [0.25, 0.3) is 17.9 Å². The Hall–Kier alpha value is -3.02. The maximum absolute atomic E-state index is 14.4. The monoisotopic (exact) mass is 514 g/mol. The van der Waals surface area contributed by atoms with Crippen molar-refractivity contribution in [3.05, 3.63) is 53.9 Å². The first-order valence-corrected chi connectivity index (χ1v) is 11.6. The fourth-order valence-corrected chi connectivity index (χ4v) is 5.58. The lowest BCUT2D eigenvalue weighted by molar-refractivity contribution is -0.271. The number of aromatic nitrogens is 2. The first kappa shape index (κ1) is 26.1. The molecule has 2 atom stereocenters. The summed E-state index contributed by atoms with van der Waals surface area (Å²) in [5.74, 6) is -1.83. The molecule has 4 rings (SSSR count). The summed E-state index contributed by atoms with van der Waals surface area (Å²) >= 11 is 0. The Balaban J connectivity index is 1.62. The van der Waals surface area contributed by atoms with E-state index in [2.05, 4.69) is 10.4 Å². The van der Waals surface area contributed by atoms with Crippen LogP contribution in [0.5, 0.6) is 0 Å². The van der Waals surface area contributed by atoms with E-state index in [4.69, 9.17) is 4.74 Å². The van der Waals surface area contributed by atoms with Crippen LogP contribution in [0, 0.1) is 5.41 Å². The maximum atomic E-state index is 14.4. The van der Waals surface area contributed by atoms with Gasteiger partial charge in [-0.1, -0.05) is 30.3 Å². The second-order valence-corrected chi connectivity index (χ2v) is 9.27. The number of likely N-dealkylation sites (tertiary alicyclic amines) is 1. The predicted molar refractivity (Wildman–Crippen MR) is 118 cm³/mol. The molecule has 0 saturated carbocycles. The van der Waals surface area contributed by atoms with Crippen LogP contribution in [0.15, 0.2) is 42.6 Å². The summed E-state index contributed by atoms with van der Waals surface area (Å²) in [4.78, 5) is 26.9. The number of halogens is 5. The highest BCUT2D eigenvalue weighted by molar-refractivity contribution is 5.88. The van der Waals surface area contributed by atoms with Crippen molar-refractivity contribution in [3.63, 3.8) is 0 Å². The summed E-state index contributed by atoms with van der Waals surface area (Å²) in [6.45, 7) is -0.498. The van der Waals surface area contributed by atoms with Crippen molar-refractivity contribution in [2.24, 2.45) is 5.41 Å². The summed E-state index contributed by atoms with van der Waals surface area (Å²) in [7, 11) is 0.857. The number of carbonyl (C=O) groups is 2. The van der Waals surface area contributed by atoms with Gasteiger partial charge in [0, 0.05) is 56.5 Å². The van der Waals surface area contributed by atoms with Crippen LogP contribution in [0.25, 0.3) is 0 Å². The van der Waals surface area contributed by atoms with E-state index in [-0.39, 0.29) is 56.3 Å². The topological polar surface area (TPSA) is 76.5 Å². The smallest absolute Gasteiger partial charge is 0.356 e. The number of piperidine rings is 2. The number of carbonyl (C=O) groups excluding carboxylic acids is 2. The molecule has 2 amide bonds. The number of hydrogen-bond donors (Lipinski definition) is 1. The van der Waals surface area contributed by atoms with Crippen LogP contribution in [0.3, 0.4) is 0 Å². The number of methoxy groups -OCH3 is 1. The molecule has 2 aliphatic rings. The van der Waals surface area contributed by atoms with Crippen molar-refractivity contribution in [1.82, 2.24) is 20.0 Å². The molecule has 0 aliphatic carbocycles. The second-order valence-electron chi connectivity index (χ2n) is 9.27. The van der Waals surface area contributed by atoms with E-state index >= 15 is 0 Å². The van der Waals surface area contributed by atoms with E-state index in [1.165, 1.54) is 35.1 Å². The van der Waals surface area contributed by atoms with Gasteiger partial charge in [0.1, 0.15) is 6.54 Å². The summed E-state index contributed by atoms with van der Waals surface area (Å²) in [5, 5.41) is 6.76. The number of nitrogens with one attached hydrogen (secondary N) is 1. The highest BCUT2D eigenvalue weighted by Crippen LogP contribution is 2.50. The van der Waals surface area contributed by atoms with Crippen molar-refractivity contribution in [2.75, 3.05) is 26.7 Å². The number of nitrogens with zero attached hydrogens (tertiary/aromatic N) is 3. The third-order valence-corrected chi connectivity index (χ3v) is 7.41. The number of ether oxygens (including phenoxy) is 1. The molecule has 0 bridgehead atoms. The first-order valence-electron chi connectivity index (χ1n) is 11.6. The molecular weight excluding hydrogens is 487 g/mol. The largest absolute Gasteiger partial charge is 0.430 e. The fraction of sp³-hybridized carbons (Fsp3) is 0.542. The molecule has 1 aromatic carbocycles. The fourth-order valence-electron chi connectivity index (χ4n) is 5.58. The van der Waals surface area contributed by atoms with Crippen molar-refractivity contribution in [2.45, 2.75) is 49.9 Å². The van der Waals surface area contributed by atoms with Gasteiger partial charge in [-0.05, 0) is 24.3 Å². The standard InChI is InChI=1S/C24H27F5N4O3/c1-36-23(24(27,28)29,16-5-3-2-4-6-16)21(35)32-11-8-22(9-12-32)13-20(34)30-14-17(22)18-7-10-31-33(18)15-19(25)26/h2-7,10,17,19H,8-9,11-15H2,1H3,(H,30,34)/t17?,23-/m1/s1. The molecule has 7 nitrogen and oxygen atoms in total. The maximum Gasteiger partial charge on any atom is 0.430 e. The van der Waals surface area contributed by atoms with Gasteiger partial charge in [0.15, 0.2) is 0 Å². The molecule has 1 aromatic heterocycles. The Morgan fingerprint density at radius 2 is 1.86 bits per heavy atom. The molecule has 3 heterocycles. The number of hydrogen-bond acceptors (Lipinski definition) is 4. The van der Waals surface area contributed by atoms with Gasteiger partial charge in [-0.15, -0.1) is 0 Å². The van der Waals surface area contributed by atoms with Crippen molar-refractivity contribution < 1.29 is 36.3 Å². The molecule has 2 fully saturated rings. The highest BCUT2D eigenvalue weighted by Gasteiger charge is 2.64. The molecule has 36 heavy (non-hydrogen) atoms. The van der Waals surface area contributed by atoms with Gasteiger partial charge in [0.2, 0.25) is 5.91 Å². The molecule has 196 valence electrons. The van der Waals surface area contributed by atoms with E-state index in [1.807, 2.05) is 0 Å². The average molecular weight is 514 g/mol. The van der Waals surface area contributed by atoms with E-state index in [9.17, 15) is 31.5 Å². The molecule has 12 heteroatoms. The van der Waals surface area contributed by atoms with E-state index in [0.717, 1.165) is 12.0 Å². The van der Waals surface area contributed by atoms with Crippen molar-refractivity contribution in [3.8, 4) is 0 Å². The minimum Gasteiger partial charge on any atom is -0.356 e. The average Bonchev–Trinajstić information content (AvgIpc) is 3.27. The summed E-state index contributed by atoms with van der Waals surface area (Å²) < 4.78 is 75.4. The van der Waals surface area contributed by atoms with Crippen LogP contribution in [-0.4, -0.2) is 65.8 Å². The molecule has 0 radical (unpaired) electrons. The first-order chi connectivity index (χ1) is 17.0. The van der Waals surface area contributed by atoms with Crippen LogP contribution < -0.4 is 5.32 Å². The normalized spacial score (nSPS) is 21.9. The Kier molecular flexibility index (Phi) is 7.09. The minimum absolute atomic E-state index is 0.0420. The number of rotatable bonds is 6. The van der Waals surface area contributed by atoms with Gasteiger partial charge < -0.3 is 15.0 Å². The SMILES string of the molecule is CO[C@@](C(=O)N1CCC2(CC1)CC(=O)NCC2c1ccnn1CC(F)F)(c1ccccc1)C(F)(F)F. The van der Waals surface area contributed by atoms with Gasteiger partial charge in [0.05, 0.1) is 0 Å². The molecular formula is C24H27F5N4O3. The van der Waals surface area contributed by atoms with Crippen LogP contribution in [0.4, 0.5) is 22.0 Å². The van der Waals surface area contributed by atoms with Crippen molar-refractivity contribution in [1.29, 1.82) is 0 Å². The summed E-state index contributed by atoms with van der Waals surface area (Å²) in [5.41, 5.74) is -3.67. The van der Waals surface area contributed by atoms with Crippen molar-refractivity contribution >= 4 is 11.8 Å². The van der Waals surface area contributed by atoms with E-state index in [0.29, 0.717) is 5.69 Å². The number of benzene rings is 1. The van der Waals surface area contributed by atoms with Crippen LogP contribution in [0.2, 0.25) is 0 Å². The molecule has 2 aliphatic heterocycles. The van der Waals surface area contributed by atoms with Crippen LogP contribution in [0.1, 0.15) is 36.4 Å². The van der Waals surface area contributed by atoms with E-state index < -0.39 is 36.1 Å². The highest BCUT2D eigenvalue weighted by atomic mass is 19.4. The number of alkyl halides is 5. The molecule has 1 spiro atoms. The third kappa shape index (κ3) is 4.46. The van der Waals surface area contributed by atoms with Crippen LogP contribution >= 0.6 is 0 Å². The second kappa shape index (κ2) is 9.79. The van der Waals surface area contributed by atoms with Gasteiger partial charge in [-0.2, -0.15) is 18.3 Å². The number of amides is 2. The van der Waals surface area contributed by atoms with Crippen LogP contribution in [-0.2, 0) is 26.5 Å². The molecule has 1 N–H and O–H groups in total. The lowest BCUT2D eigenvalue weighted by Crippen LogP contribution is -2.60. The summed E-state index contributed by atoms with van der Waals surface area (Å²) in [6, 6.07) is 8.38. The molecule has 2 saturated heterocycles. The Morgan fingerprint density at radius 1 is 1.19 bits per heavy atom. The minimum atomic E-state index is -5.02. The Morgan fingerprint density at radius 3 is 2.44 bits per heavy atom. The van der Waals surface area contributed by atoms with E-state index in [1.54, 1.807) is 12.1 Å². The zero-order valence-corrected chi connectivity index (χ0v) is 19.6. The zero-order valence-electron chi connectivity index (χ0n) is 19.6. The molecule has 2 aromatic rings. The predicted octanol–water partition coefficient (Wildman–Crippen LogP) is 3.46.